The summed E-state index contributed by atoms with van der Waals surface area (Å²) in [5, 5.41) is 9.16. The molecule has 0 aromatic heterocycles. The maximum atomic E-state index is 13.5. The van der Waals surface area contributed by atoms with Crippen molar-refractivity contribution in [2.45, 2.75) is 25.8 Å². The molecule has 0 heterocycles. The zero-order valence-electron chi connectivity index (χ0n) is 10.1. The van der Waals surface area contributed by atoms with E-state index in [0.717, 1.165) is 25.8 Å². The number of nitriles is 1. The fourth-order valence-corrected chi connectivity index (χ4v) is 2.40. The number of hydrogen-bond acceptors (Lipinski definition) is 2. The van der Waals surface area contributed by atoms with E-state index in [1.165, 1.54) is 6.07 Å². The Labute approximate surface area is 102 Å². The van der Waals surface area contributed by atoms with E-state index in [0.29, 0.717) is 12.1 Å². The van der Waals surface area contributed by atoms with Crippen molar-refractivity contribution in [1.29, 1.82) is 5.26 Å². The van der Waals surface area contributed by atoms with Gasteiger partial charge in [0.05, 0.1) is 11.5 Å². The minimum atomic E-state index is -0.181. The first-order valence-corrected chi connectivity index (χ1v) is 5.98. The number of benzene rings is 1. The van der Waals surface area contributed by atoms with Crippen LogP contribution in [0.3, 0.4) is 0 Å². The zero-order valence-corrected chi connectivity index (χ0v) is 10.1. The van der Waals surface area contributed by atoms with Crippen LogP contribution < -0.4 is 0 Å². The van der Waals surface area contributed by atoms with Crippen molar-refractivity contribution >= 4 is 0 Å². The highest BCUT2D eigenvalue weighted by atomic mass is 19.1. The molecular weight excluding hydrogens is 215 g/mol. The molecule has 1 aromatic carbocycles. The van der Waals surface area contributed by atoms with Crippen LogP contribution in [-0.2, 0) is 6.54 Å². The molecule has 1 aromatic rings. The van der Waals surface area contributed by atoms with Gasteiger partial charge in [0.2, 0.25) is 0 Å². The molecule has 1 saturated carbocycles. The van der Waals surface area contributed by atoms with E-state index in [1.807, 2.05) is 18.0 Å². The van der Waals surface area contributed by atoms with Crippen molar-refractivity contribution in [3.63, 3.8) is 0 Å². The Kier molecular flexibility index (Phi) is 3.44. The summed E-state index contributed by atoms with van der Waals surface area (Å²) in [6, 6.07) is 9.23. The lowest BCUT2D eigenvalue weighted by molar-refractivity contribution is 0.133. The van der Waals surface area contributed by atoms with Gasteiger partial charge in [-0.05, 0) is 26.0 Å². The molecule has 0 spiro atoms. The van der Waals surface area contributed by atoms with Crippen LogP contribution in [0.25, 0.3) is 0 Å². The molecule has 3 heteroatoms. The van der Waals surface area contributed by atoms with Crippen molar-refractivity contribution < 1.29 is 4.39 Å². The lowest BCUT2D eigenvalue weighted by Crippen LogP contribution is -2.39. The van der Waals surface area contributed by atoms with Gasteiger partial charge in [-0.15, -0.1) is 0 Å². The van der Waals surface area contributed by atoms with E-state index in [9.17, 15) is 4.39 Å². The third kappa shape index (κ3) is 2.65. The van der Waals surface area contributed by atoms with E-state index in [2.05, 4.69) is 6.07 Å². The molecule has 2 rings (SSSR count). The summed E-state index contributed by atoms with van der Waals surface area (Å²) >= 11 is 0. The van der Waals surface area contributed by atoms with Crippen molar-refractivity contribution in [2.75, 3.05) is 13.6 Å². The predicted molar refractivity (Wildman–Crippen MR) is 64.6 cm³/mol. The third-order valence-corrected chi connectivity index (χ3v) is 3.52. The standard InChI is InChI=1S/C14H17FN2/c1-17(11-14(10-16)7-4-8-14)9-12-5-2-3-6-13(12)15/h2-3,5-6H,4,7-9,11H2,1H3. The van der Waals surface area contributed by atoms with Crippen LogP contribution in [0.15, 0.2) is 24.3 Å². The van der Waals surface area contributed by atoms with Gasteiger partial charge in [0.15, 0.2) is 0 Å². The molecule has 0 atom stereocenters. The molecular formula is C14H17FN2. The van der Waals surface area contributed by atoms with Gasteiger partial charge < -0.3 is 4.90 Å². The molecule has 1 aliphatic rings. The lowest BCUT2D eigenvalue weighted by Gasteiger charge is -2.38. The SMILES string of the molecule is CN(Cc1ccccc1F)CC1(C#N)CCC1. The van der Waals surface area contributed by atoms with E-state index in [4.69, 9.17) is 5.26 Å². The minimum Gasteiger partial charge on any atom is -0.300 e. The molecule has 2 nitrogen and oxygen atoms in total. The van der Waals surface area contributed by atoms with Crippen LogP contribution in [-0.4, -0.2) is 18.5 Å². The lowest BCUT2D eigenvalue weighted by atomic mass is 9.69. The molecule has 0 N–H and O–H groups in total. The average Bonchev–Trinajstić information content (AvgIpc) is 2.27. The molecule has 0 aliphatic heterocycles. The fraction of sp³-hybridized carbons (Fsp3) is 0.500. The van der Waals surface area contributed by atoms with E-state index in [1.54, 1.807) is 12.1 Å². The van der Waals surface area contributed by atoms with Gasteiger partial charge in [-0.25, -0.2) is 4.39 Å². The highest BCUT2D eigenvalue weighted by Crippen LogP contribution is 2.40. The molecule has 1 aliphatic carbocycles. The first-order valence-electron chi connectivity index (χ1n) is 5.98. The van der Waals surface area contributed by atoms with Gasteiger partial charge in [0.25, 0.3) is 0 Å². The monoisotopic (exact) mass is 232 g/mol. The van der Waals surface area contributed by atoms with Crippen LogP contribution in [0, 0.1) is 22.6 Å². The van der Waals surface area contributed by atoms with Gasteiger partial charge in [-0.3, -0.25) is 0 Å². The summed E-state index contributed by atoms with van der Waals surface area (Å²) < 4.78 is 13.5. The maximum Gasteiger partial charge on any atom is 0.127 e. The zero-order chi connectivity index (χ0) is 12.3. The Morgan fingerprint density at radius 1 is 1.41 bits per heavy atom. The topological polar surface area (TPSA) is 27.0 Å². The van der Waals surface area contributed by atoms with Crippen LogP contribution in [0.5, 0.6) is 0 Å². The highest BCUT2D eigenvalue weighted by Gasteiger charge is 2.38. The number of halogens is 1. The van der Waals surface area contributed by atoms with Gasteiger partial charge >= 0.3 is 0 Å². The molecule has 1 fully saturated rings. The van der Waals surface area contributed by atoms with Gasteiger partial charge in [0.1, 0.15) is 5.82 Å². The van der Waals surface area contributed by atoms with Crippen LogP contribution in [0.4, 0.5) is 4.39 Å². The molecule has 90 valence electrons. The van der Waals surface area contributed by atoms with E-state index in [-0.39, 0.29) is 11.2 Å². The highest BCUT2D eigenvalue weighted by molar-refractivity contribution is 5.17. The van der Waals surface area contributed by atoms with Crippen molar-refractivity contribution in [2.24, 2.45) is 5.41 Å². The van der Waals surface area contributed by atoms with Crippen LogP contribution >= 0.6 is 0 Å². The Hall–Kier alpha value is -1.40. The first kappa shape index (κ1) is 12.1. The van der Waals surface area contributed by atoms with Gasteiger partial charge in [-0.2, -0.15) is 5.26 Å². The largest absolute Gasteiger partial charge is 0.300 e. The quantitative estimate of drug-likeness (QED) is 0.798. The average molecular weight is 232 g/mol. The Balaban J connectivity index is 1.96. The molecule has 0 amide bonds. The molecule has 0 radical (unpaired) electrons. The summed E-state index contributed by atoms with van der Waals surface area (Å²) in [5.41, 5.74) is 0.516. The molecule has 17 heavy (non-hydrogen) atoms. The maximum absolute atomic E-state index is 13.5. The Morgan fingerprint density at radius 3 is 2.65 bits per heavy atom. The normalized spacial score (nSPS) is 17.5. The van der Waals surface area contributed by atoms with Gasteiger partial charge in [-0.1, -0.05) is 24.6 Å². The second-order valence-electron chi connectivity index (χ2n) is 5.01. The first-order chi connectivity index (χ1) is 8.15. The summed E-state index contributed by atoms with van der Waals surface area (Å²) in [4.78, 5) is 2.04. The summed E-state index contributed by atoms with van der Waals surface area (Å²) in [6.07, 6.45) is 3.09. The second-order valence-corrected chi connectivity index (χ2v) is 5.01. The van der Waals surface area contributed by atoms with Crippen molar-refractivity contribution in [3.8, 4) is 6.07 Å². The Morgan fingerprint density at radius 2 is 2.12 bits per heavy atom. The Bertz CT molecular complexity index is 432. The van der Waals surface area contributed by atoms with Gasteiger partial charge in [0, 0.05) is 18.7 Å². The van der Waals surface area contributed by atoms with Crippen LogP contribution in [0.2, 0.25) is 0 Å². The molecule has 0 unspecified atom stereocenters. The van der Waals surface area contributed by atoms with E-state index >= 15 is 0 Å². The van der Waals surface area contributed by atoms with Crippen molar-refractivity contribution in [3.05, 3.63) is 35.6 Å². The van der Waals surface area contributed by atoms with Crippen LogP contribution in [0.1, 0.15) is 24.8 Å². The minimum absolute atomic E-state index is 0.168. The summed E-state index contributed by atoms with van der Waals surface area (Å²) in [7, 11) is 1.95. The second kappa shape index (κ2) is 4.85. The number of nitrogens with zero attached hydrogens (tertiary/aromatic N) is 2. The predicted octanol–water partition coefficient (Wildman–Crippen LogP) is 2.95. The summed E-state index contributed by atoms with van der Waals surface area (Å²) in [6.45, 7) is 1.30. The number of rotatable bonds is 4. The number of hydrogen-bond donors (Lipinski definition) is 0. The summed E-state index contributed by atoms with van der Waals surface area (Å²) in [5.74, 6) is -0.168. The fourth-order valence-electron chi connectivity index (χ4n) is 2.40. The molecule has 0 saturated heterocycles. The third-order valence-electron chi connectivity index (χ3n) is 3.52. The smallest absolute Gasteiger partial charge is 0.127 e. The van der Waals surface area contributed by atoms with E-state index < -0.39 is 0 Å². The molecule has 0 bridgehead atoms. The van der Waals surface area contributed by atoms with Crippen molar-refractivity contribution in [1.82, 2.24) is 4.90 Å².